The van der Waals surface area contributed by atoms with Crippen LogP contribution in [0.15, 0.2) is 60.8 Å². The number of benzene rings is 2. The molecule has 0 aliphatic heterocycles. The molecular weight excluding hydrogens is 530 g/mol. The number of carbonyl (C=O) groups is 2. The molecule has 0 saturated heterocycles. The molecule has 4 aromatic rings. The van der Waals surface area contributed by atoms with Crippen LogP contribution in [0.5, 0.6) is 0 Å². The smallest absolute Gasteiger partial charge is 0.265 e. The van der Waals surface area contributed by atoms with Crippen molar-refractivity contribution in [1.82, 2.24) is 15.3 Å². The van der Waals surface area contributed by atoms with E-state index in [0.29, 0.717) is 11.5 Å². The van der Waals surface area contributed by atoms with Gasteiger partial charge in [0.05, 0.1) is 10.6 Å². The van der Waals surface area contributed by atoms with Gasteiger partial charge in [0.2, 0.25) is 5.95 Å². The number of aryl methyl sites for hydroxylation is 2. The average molecular weight is 566 g/mol. The number of amides is 2. The summed E-state index contributed by atoms with van der Waals surface area (Å²) in [7, 11) is 0. The zero-order valence-corrected chi connectivity index (χ0v) is 24.2. The first kappa shape index (κ1) is 27.1. The molecule has 2 aliphatic carbocycles. The van der Waals surface area contributed by atoms with Crippen molar-refractivity contribution in [2.45, 2.75) is 70.8 Å². The molecule has 0 bridgehead atoms. The van der Waals surface area contributed by atoms with E-state index in [4.69, 9.17) is 4.98 Å². The Kier molecular flexibility index (Phi) is 8.09. The molecule has 0 unspecified atom stereocenters. The molecule has 210 valence electrons. The molecule has 3 N–H and O–H groups in total. The fourth-order valence-corrected chi connectivity index (χ4v) is 6.90. The van der Waals surface area contributed by atoms with E-state index >= 15 is 0 Å². The zero-order valence-electron chi connectivity index (χ0n) is 23.3. The lowest BCUT2D eigenvalue weighted by molar-refractivity contribution is 0.0927. The minimum absolute atomic E-state index is 0.0252. The Balaban J connectivity index is 1.13. The number of rotatable bonds is 7. The van der Waals surface area contributed by atoms with Crippen molar-refractivity contribution in [3.05, 3.63) is 87.2 Å². The van der Waals surface area contributed by atoms with Gasteiger partial charge in [0.1, 0.15) is 0 Å². The van der Waals surface area contributed by atoms with E-state index in [1.54, 1.807) is 17.5 Å². The van der Waals surface area contributed by atoms with E-state index < -0.39 is 0 Å². The molecule has 1 saturated carbocycles. The molecule has 2 heterocycles. The summed E-state index contributed by atoms with van der Waals surface area (Å²) in [4.78, 5) is 37.0. The first-order valence-corrected chi connectivity index (χ1v) is 15.4. The van der Waals surface area contributed by atoms with E-state index in [1.807, 2.05) is 55.5 Å². The van der Waals surface area contributed by atoms with E-state index in [9.17, 15) is 9.59 Å². The first-order valence-electron chi connectivity index (χ1n) is 14.6. The highest BCUT2D eigenvalue weighted by Crippen LogP contribution is 2.32. The Hall–Kier alpha value is -4.04. The summed E-state index contributed by atoms with van der Waals surface area (Å²) >= 11 is 1.62. The molecule has 0 atom stereocenters. The highest BCUT2D eigenvalue weighted by Gasteiger charge is 2.19. The number of anilines is 3. The van der Waals surface area contributed by atoms with Crippen LogP contribution in [0.25, 0.3) is 11.3 Å². The maximum absolute atomic E-state index is 13.1. The number of nitrogens with one attached hydrogen (secondary N) is 3. The van der Waals surface area contributed by atoms with Gasteiger partial charge in [-0.2, -0.15) is 0 Å². The SMILES string of the molecule is Cc1c(NC(=O)c2cc3c(s2)CCCC3)cccc1-c1ccnc(Nc2ccc(C(=O)NC3CCCCC3)cc2)n1. The molecule has 8 heteroatoms. The number of hydrogen-bond acceptors (Lipinski definition) is 6. The third-order valence-electron chi connectivity index (χ3n) is 8.08. The van der Waals surface area contributed by atoms with Gasteiger partial charge in [-0.25, -0.2) is 9.97 Å². The Labute approximate surface area is 244 Å². The van der Waals surface area contributed by atoms with Crippen molar-refractivity contribution in [2.24, 2.45) is 0 Å². The lowest BCUT2D eigenvalue weighted by Crippen LogP contribution is -2.36. The van der Waals surface area contributed by atoms with Gasteiger partial charge in [-0.1, -0.05) is 31.4 Å². The number of thiophene rings is 1. The summed E-state index contributed by atoms with van der Waals surface area (Å²) in [6, 6.07) is 17.5. The molecule has 1 fully saturated rings. The zero-order chi connectivity index (χ0) is 28.2. The number of fused-ring (bicyclic) bond motifs is 1. The monoisotopic (exact) mass is 565 g/mol. The van der Waals surface area contributed by atoms with Crippen molar-refractivity contribution in [2.75, 3.05) is 10.6 Å². The lowest BCUT2D eigenvalue weighted by Gasteiger charge is -2.22. The standard InChI is InChI=1S/C33H35N5O2S/c1-21-26(11-7-12-27(21)37-32(40)30-20-23-8-5-6-13-29(23)41-30)28-18-19-34-33(38-28)36-25-16-14-22(15-17-25)31(39)35-24-9-3-2-4-10-24/h7,11-12,14-20,24H,2-6,8-10,13H2,1H3,(H,35,39)(H,37,40)(H,34,36,38). The van der Waals surface area contributed by atoms with Crippen LogP contribution in [-0.2, 0) is 12.8 Å². The van der Waals surface area contributed by atoms with Crippen LogP contribution >= 0.6 is 11.3 Å². The second-order valence-corrected chi connectivity index (χ2v) is 12.1. The fraction of sp³-hybridized carbons (Fsp3) is 0.333. The first-order chi connectivity index (χ1) is 20.0. The largest absolute Gasteiger partial charge is 0.349 e. The fourth-order valence-electron chi connectivity index (χ4n) is 5.75. The minimum atomic E-state index is -0.0643. The molecule has 41 heavy (non-hydrogen) atoms. The summed E-state index contributed by atoms with van der Waals surface area (Å²) in [5.74, 6) is 0.369. The van der Waals surface area contributed by atoms with E-state index in [0.717, 1.165) is 58.8 Å². The molecule has 7 nitrogen and oxygen atoms in total. The maximum atomic E-state index is 13.1. The Morgan fingerprint density at radius 3 is 2.51 bits per heavy atom. The van der Waals surface area contributed by atoms with E-state index in [2.05, 4.69) is 27.0 Å². The summed E-state index contributed by atoms with van der Waals surface area (Å²) in [6.07, 6.45) is 12.0. The highest BCUT2D eigenvalue weighted by atomic mass is 32.1. The summed E-state index contributed by atoms with van der Waals surface area (Å²) in [5, 5.41) is 9.53. The highest BCUT2D eigenvalue weighted by molar-refractivity contribution is 7.14. The van der Waals surface area contributed by atoms with Gasteiger partial charge in [0.15, 0.2) is 0 Å². The van der Waals surface area contributed by atoms with Gasteiger partial charge in [0.25, 0.3) is 11.8 Å². The van der Waals surface area contributed by atoms with Crippen LogP contribution in [0, 0.1) is 6.92 Å². The third kappa shape index (κ3) is 6.33. The lowest BCUT2D eigenvalue weighted by atomic mass is 9.95. The van der Waals surface area contributed by atoms with Crippen molar-refractivity contribution in [1.29, 1.82) is 0 Å². The van der Waals surface area contributed by atoms with Crippen LogP contribution in [0.2, 0.25) is 0 Å². The normalized spacial score (nSPS) is 15.1. The maximum Gasteiger partial charge on any atom is 0.265 e. The van der Waals surface area contributed by atoms with Gasteiger partial charge in [-0.3, -0.25) is 9.59 Å². The minimum Gasteiger partial charge on any atom is -0.349 e. The van der Waals surface area contributed by atoms with Gasteiger partial charge >= 0.3 is 0 Å². The molecule has 6 rings (SSSR count). The van der Waals surface area contributed by atoms with Crippen LogP contribution in [0.4, 0.5) is 17.3 Å². The molecule has 2 amide bonds. The predicted molar refractivity (Wildman–Crippen MR) is 165 cm³/mol. The second-order valence-electron chi connectivity index (χ2n) is 11.0. The summed E-state index contributed by atoms with van der Waals surface area (Å²) in [5.41, 5.74) is 6.17. The Morgan fingerprint density at radius 1 is 0.902 bits per heavy atom. The molecule has 2 aliphatic rings. The Bertz CT molecular complexity index is 1530. The molecule has 0 radical (unpaired) electrons. The Morgan fingerprint density at radius 2 is 1.71 bits per heavy atom. The number of hydrogen-bond donors (Lipinski definition) is 3. The van der Waals surface area contributed by atoms with Gasteiger partial charge in [-0.05, 0) is 99.0 Å². The summed E-state index contributed by atoms with van der Waals surface area (Å²) in [6.45, 7) is 2.00. The third-order valence-corrected chi connectivity index (χ3v) is 9.31. The number of nitrogens with zero attached hydrogens (tertiary/aromatic N) is 2. The average Bonchev–Trinajstić information content (AvgIpc) is 3.44. The molecule has 2 aromatic heterocycles. The predicted octanol–water partition coefficient (Wildman–Crippen LogP) is 7.45. The quantitative estimate of drug-likeness (QED) is 0.216. The topological polar surface area (TPSA) is 96.0 Å². The van der Waals surface area contributed by atoms with E-state index in [1.165, 1.54) is 42.5 Å². The molecular formula is C33H35N5O2S. The number of aromatic nitrogens is 2. The van der Waals surface area contributed by atoms with Crippen LogP contribution in [-0.4, -0.2) is 27.8 Å². The van der Waals surface area contributed by atoms with Crippen molar-refractivity contribution < 1.29 is 9.59 Å². The molecule has 2 aromatic carbocycles. The molecule has 0 spiro atoms. The van der Waals surface area contributed by atoms with Crippen LogP contribution in [0.1, 0.15) is 81.0 Å². The van der Waals surface area contributed by atoms with Crippen LogP contribution < -0.4 is 16.0 Å². The summed E-state index contributed by atoms with van der Waals surface area (Å²) < 4.78 is 0. The van der Waals surface area contributed by atoms with Crippen molar-refractivity contribution in [3.8, 4) is 11.3 Å². The van der Waals surface area contributed by atoms with Crippen molar-refractivity contribution in [3.63, 3.8) is 0 Å². The van der Waals surface area contributed by atoms with Crippen LogP contribution in [0.3, 0.4) is 0 Å². The second kappa shape index (κ2) is 12.2. The van der Waals surface area contributed by atoms with Gasteiger partial charge < -0.3 is 16.0 Å². The van der Waals surface area contributed by atoms with E-state index in [-0.39, 0.29) is 17.9 Å². The van der Waals surface area contributed by atoms with Gasteiger partial charge in [0, 0.05) is 39.6 Å². The number of carbonyl (C=O) groups excluding carboxylic acids is 2. The van der Waals surface area contributed by atoms with Crippen molar-refractivity contribution >= 4 is 40.5 Å². The van der Waals surface area contributed by atoms with Gasteiger partial charge in [-0.15, -0.1) is 11.3 Å².